The van der Waals surface area contributed by atoms with Crippen LogP contribution in [0.3, 0.4) is 0 Å². The zero-order valence-corrected chi connectivity index (χ0v) is 13.4. The van der Waals surface area contributed by atoms with Gasteiger partial charge in [-0.15, -0.1) is 0 Å². The van der Waals surface area contributed by atoms with Crippen molar-refractivity contribution in [3.05, 3.63) is 11.6 Å². The molecular formula is C16H27NO5. The van der Waals surface area contributed by atoms with Crippen LogP contribution in [0.15, 0.2) is 11.6 Å². The van der Waals surface area contributed by atoms with Crippen LogP contribution in [0, 0.1) is 5.92 Å². The SMILES string of the molecule is CCC(C)C(O)(CCO)C(=O)OCC1=CCN2CCC(O)C12. The molecule has 2 aliphatic rings. The van der Waals surface area contributed by atoms with Gasteiger partial charge in [-0.2, -0.15) is 0 Å². The minimum Gasteiger partial charge on any atom is -0.459 e. The third-order valence-corrected chi connectivity index (χ3v) is 5.08. The van der Waals surface area contributed by atoms with E-state index in [0.29, 0.717) is 6.42 Å². The Bertz CT molecular complexity index is 438. The van der Waals surface area contributed by atoms with Gasteiger partial charge in [-0.05, 0) is 17.9 Å². The number of ether oxygens (including phenoxy) is 1. The van der Waals surface area contributed by atoms with Crippen LogP contribution in [-0.4, -0.2) is 70.2 Å². The fourth-order valence-corrected chi connectivity index (χ4v) is 3.36. The highest BCUT2D eigenvalue weighted by molar-refractivity contribution is 5.79. The number of esters is 1. The number of fused-ring (bicyclic) bond motifs is 1. The topological polar surface area (TPSA) is 90.2 Å². The highest BCUT2D eigenvalue weighted by atomic mass is 16.5. The van der Waals surface area contributed by atoms with Crippen molar-refractivity contribution >= 4 is 5.97 Å². The molecular weight excluding hydrogens is 286 g/mol. The molecule has 1 saturated heterocycles. The molecule has 1 fully saturated rings. The van der Waals surface area contributed by atoms with E-state index in [-0.39, 0.29) is 31.6 Å². The van der Waals surface area contributed by atoms with Gasteiger partial charge in [-0.3, -0.25) is 4.90 Å². The number of carbonyl (C=O) groups is 1. The van der Waals surface area contributed by atoms with Crippen molar-refractivity contribution in [1.82, 2.24) is 4.90 Å². The molecule has 6 heteroatoms. The molecule has 0 bridgehead atoms. The van der Waals surface area contributed by atoms with Crippen molar-refractivity contribution < 1.29 is 24.9 Å². The fraction of sp³-hybridized carbons (Fsp3) is 0.812. The van der Waals surface area contributed by atoms with Gasteiger partial charge in [-0.25, -0.2) is 4.79 Å². The van der Waals surface area contributed by atoms with Crippen LogP contribution in [0.25, 0.3) is 0 Å². The molecule has 4 unspecified atom stereocenters. The summed E-state index contributed by atoms with van der Waals surface area (Å²) >= 11 is 0. The summed E-state index contributed by atoms with van der Waals surface area (Å²) in [6.45, 7) is 5.08. The lowest BCUT2D eigenvalue weighted by Gasteiger charge is -2.31. The normalized spacial score (nSPS) is 28.9. The van der Waals surface area contributed by atoms with E-state index < -0.39 is 17.7 Å². The van der Waals surface area contributed by atoms with E-state index in [1.807, 2.05) is 13.0 Å². The summed E-state index contributed by atoms with van der Waals surface area (Å²) < 4.78 is 5.32. The second kappa shape index (κ2) is 7.08. The van der Waals surface area contributed by atoms with E-state index in [1.54, 1.807) is 6.92 Å². The molecule has 126 valence electrons. The third-order valence-electron chi connectivity index (χ3n) is 5.08. The van der Waals surface area contributed by atoms with E-state index in [9.17, 15) is 15.0 Å². The highest BCUT2D eigenvalue weighted by Crippen LogP contribution is 2.30. The Kier molecular flexibility index (Phi) is 5.60. The summed E-state index contributed by atoms with van der Waals surface area (Å²) in [6.07, 6.45) is 2.88. The van der Waals surface area contributed by atoms with Gasteiger partial charge < -0.3 is 20.1 Å². The van der Waals surface area contributed by atoms with E-state index in [1.165, 1.54) is 0 Å². The Morgan fingerprint density at radius 2 is 2.32 bits per heavy atom. The fourth-order valence-electron chi connectivity index (χ4n) is 3.36. The van der Waals surface area contributed by atoms with Crippen LogP contribution >= 0.6 is 0 Å². The van der Waals surface area contributed by atoms with Crippen molar-refractivity contribution in [3.8, 4) is 0 Å². The quantitative estimate of drug-likeness (QED) is 0.455. The van der Waals surface area contributed by atoms with Crippen LogP contribution in [0.2, 0.25) is 0 Å². The number of aliphatic hydroxyl groups is 3. The van der Waals surface area contributed by atoms with Gasteiger partial charge in [0.15, 0.2) is 5.60 Å². The van der Waals surface area contributed by atoms with Gasteiger partial charge >= 0.3 is 5.97 Å². The number of aliphatic hydroxyl groups excluding tert-OH is 2. The molecule has 0 amide bonds. The zero-order valence-electron chi connectivity index (χ0n) is 13.4. The van der Waals surface area contributed by atoms with Gasteiger partial charge in [-0.1, -0.05) is 26.3 Å². The molecule has 6 nitrogen and oxygen atoms in total. The molecule has 0 spiro atoms. The van der Waals surface area contributed by atoms with E-state index >= 15 is 0 Å². The number of carbonyl (C=O) groups excluding carboxylic acids is 1. The smallest absolute Gasteiger partial charge is 0.338 e. The van der Waals surface area contributed by atoms with Crippen molar-refractivity contribution in [3.63, 3.8) is 0 Å². The summed E-state index contributed by atoms with van der Waals surface area (Å²) in [5.74, 6) is -0.985. The summed E-state index contributed by atoms with van der Waals surface area (Å²) in [4.78, 5) is 14.5. The molecule has 0 aromatic carbocycles. The van der Waals surface area contributed by atoms with Crippen molar-refractivity contribution in [2.24, 2.45) is 5.92 Å². The second-order valence-corrected chi connectivity index (χ2v) is 6.36. The van der Waals surface area contributed by atoms with Crippen molar-refractivity contribution in [2.45, 2.75) is 50.9 Å². The number of hydrogen-bond donors (Lipinski definition) is 3. The molecule has 2 aliphatic heterocycles. The van der Waals surface area contributed by atoms with Gasteiger partial charge in [0.2, 0.25) is 0 Å². The Morgan fingerprint density at radius 1 is 1.59 bits per heavy atom. The molecule has 0 aromatic rings. The lowest BCUT2D eigenvalue weighted by molar-refractivity contribution is -0.172. The minimum atomic E-state index is -1.66. The molecule has 2 rings (SSSR count). The molecule has 0 radical (unpaired) electrons. The largest absolute Gasteiger partial charge is 0.459 e. The molecule has 4 atom stereocenters. The lowest BCUT2D eigenvalue weighted by Crippen LogP contribution is -2.47. The first-order chi connectivity index (χ1) is 10.4. The van der Waals surface area contributed by atoms with Gasteiger partial charge in [0.1, 0.15) is 6.61 Å². The number of hydrogen-bond acceptors (Lipinski definition) is 6. The molecule has 0 aliphatic carbocycles. The van der Waals surface area contributed by atoms with Crippen molar-refractivity contribution in [1.29, 1.82) is 0 Å². The Labute approximate surface area is 131 Å². The summed E-state index contributed by atoms with van der Waals surface area (Å²) in [6, 6.07) is -0.0673. The van der Waals surface area contributed by atoms with Crippen LogP contribution in [-0.2, 0) is 9.53 Å². The van der Waals surface area contributed by atoms with Gasteiger partial charge in [0.25, 0.3) is 0 Å². The first kappa shape index (κ1) is 17.4. The van der Waals surface area contributed by atoms with Gasteiger partial charge in [0, 0.05) is 26.1 Å². The number of nitrogens with zero attached hydrogens (tertiary/aromatic N) is 1. The Morgan fingerprint density at radius 3 is 2.95 bits per heavy atom. The summed E-state index contributed by atoms with van der Waals surface area (Å²) in [5.41, 5.74) is -0.759. The number of rotatable bonds is 7. The third kappa shape index (κ3) is 3.20. The minimum absolute atomic E-state index is 0.0297. The molecule has 0 aromatic heterocycles. The van der Waals surface area contributed by atoms with E-state index in [2.05, 4.69) is 4.90 Å². The molecule has 22 heavy (non-hydrogen) atoms. The van der Waals surface area contributed by atoms with Crippen LogP contribution < -0.4 is 0 Å². The standard InChI is InChI=1S/C16H27NO5/c1-3-11(2)16(21,6-9-18)15(20)22-10-12-4-7-17-8-5-13(19)14(12)17/h4,11,13-14,18-19,21H,3,5-10H2,1-2H3. The van der Waals surface area contributed by atoms with Crippen LogP contribution in [0.5, 0.6) is 0 Å². The first-order valence-electron chi connectivity index (χ1n) is 8.05. The maximum absolute atomic E-state index is 12.3. The van der Waals surface area contributed by atoms with Gasteiger partial charge in [0.05, 0.1) is 12.1 Å². The molecule has 0 saturated carbocycles. The van der Waals surface area contributed by atoms with Crippen LogP contribution in [0.1, 0.15) is 33.1 Å². The Hall–Kier alpha value is -0.950. The second-order valence-electron chi connectivity index (χ2n) is 6.36. The predicted molar refractivity (Wildman–Crippen MR) is 81.1 cm³/mol. The molecule has 3 N–H and O–H groups in total. The van der Waals surface area contributed by atoms with E-state index in [4.69, 9.17) is 9.84 Å². The van der Waals surface area contributed by atoms with E-state index in [0.717, 1.165) is 25.1 Å². The molecule has 2 heterocycles. The van der Waals surface area contributed by atoms with Crippen LogP contribution in [0.4, 0.5) is 0 Å². The maximum atomic E-state index is 12.3. The summed E-state index contributed by atoms with van der Waals surface area (Å²) in [5, 5.41) is 29.7. The average Bonchev–Trinajstić information content (AvgIpc) is 3.07. The highest BCUT2D eigenvalue weighted by Gasteiger charge is 2.43. The predicted octanol–water partition coefficient (Wildman–Crippen LogP) is 0.0644. The zero-order chi connectivity index (χ0) is 16.3. The monoisotopic (exact) mass is 313 g/mol. The Balaban J connectivity index is 1.96. The summed E-state index contributed by atoms with van der Waals surface area (Å²) in [7, 11) is 0. The van der Waals surface area contributed by atoms with Crippen molar-refractivity contribution in [2.75, 3.05) is 26.3 Å². The maximum Gasteiger partial charge on any atom is 0.338 e. The first-order valence-corrected chi connectivity index (χ1v) is 8.05. The lowest BCUT2D eigenvalue weighted by atomic mass is 9.84. The average molecular weight is 313 g/mol.